The van der Waals surface area contributed by atoms with Crippen molar-refractivity contribution in [3.8, 4) is 0 Å². The molecule has 1 N–H and O–H groups in total. The molecule has 0 spiro atoms. The summed E-state index contributed by atoms with van der Waals surface area (Å²) in [4.78, 5) is 19.3. The van der Waals surface area contributed by atoms with Crippen molar-refractivity contribution in [2.45, 2.75) is 43.0 Å². The predicted octanol–water partition coefficient (Wildman–Crippen LogP) is 3.38. The molecule has 6 heteroatoms. The van der Waals surface area contributed by atoms with E-state index < -0.39 is 0 Å². The summed E-state index contributed by atoms with van der Waals surface area (Å²) in [5.74, 6) is 1.60. The van der Waals surface area contributed by atoms with E-state index in [-0.39, 0.29) is 11.2 Å². The molecule has 122 valence electrons. The number of hydrogen-bond acceptors (Lipinski definition) is 4. The van der Waals surface area contributed by atoms with Crippen molar-refractivity contribution in [3.05, 3.63) is 41.7 Å². The van der Waals surface area contributed by atoms with Crippen LogP contribution in [0.5, 0.6) is 0 Å². The van der Waals surface area contributed by atoms with Crippen molar-refractivity contribution in [2.24, 2.45) is 0 Å². The van der Waals surface area contributed by atoms with Gasteiger partial charge >= 0.3 is 0 Å². The molecule has 1 aliphatic carbocycles. The van der Waals surface area contributed by atoms with Crippen LogP contribution in [-0.2, 0) is 4.79 Å². The van der Waals surface area contributed by atoms with Crippen LogP contribution in [0.15, 0.2) is 35.5 Å². The average molecular weight is 330 g/mol. The second-order valence-corrected chi connectivity index (χ2v) is 6.77. The maximum Gasteiger partial charge on any atom is 0.240 e. The Morgan fingerprint density at radius 2 is 2.00 bits per heavy atom. The van der Waals surface area contributed by atoms with Gasteiger partial charge in [0.1, 0.15) is 11.1 Å². The fraction of sp³-hybridized carbons (Fsp3) is 0.471. The van der Waals surface area contributed by atoms with Crippen molar-refractivity contribution in [2.75, 3.05) is 13.1 Å². The van der Waals surface area contributed by atoms with Gasteiger partial charge in [0.15, 0.2) is 0 Å². The standard InChI is InChI=1S/C17H22N4OS/c1-3-21(4-2)16(22)14(12-8-6-5-7-9-12)23-17-18-15(19-20-17)13-10-11-13/h5-9,13-14H,3-4,10-11H2,1-2H3,(H,18,19,20)/t14-/m1/s1. The van der Waals surface area contributed by atoms with Gasteiger partial charge in [0.25, 0.3) is 0 Å². The highest BCUT2D eigenvalue weighted by Gasteiger charge is 2.30. The second-order valence-electron chi connectivity index (χ2n) is 5.70. The van der Waals surface area contributed by atoms with Crippen molar-refractivity contribution in [1.29, 1.82) is 0 Å². The van der Waals surface area contributed by atoms with Crippen LogP contribution in [0.2, 0.25) is 0 Å². The lowest BCUT2D eigenvalue weighted by Gasteiger charge is -2.24. The number of carbonyl (C=O) groups is 1. The third kappa shape index (κ3) is 3.75. The van der Waals surface area contributed by atoms with E-state index in [9.17, 15) is 4.79 Å². The monoisotopic (exact) mass is 330 g/mol. The zero-order chi connectivity index (χ0) is 16.2. The zero-order valence-corrected chi connectivity index (χ0v) is 14.3. The van der Waals surface area contributed by atoms with Gasteiger partial charge in [0.05, 0.1) is 0 Å². The first-order valence-corrected chi connectivity index (χ1v) is 9.03. The van der Waals surface area contributed by atoms with Gasteiger partial charge in [-0.3, -0.25) is 9.89 Å². The first-order valence-electron chi connectivity index (χ1n) is 8.15. The van der Waals surface area contributed by atoms with Crippen LogP contribution in [0, 0.1) is 0 Å². The topological polar surface area (TPSA) is 61.9 Å². The Morgan fingerprint density at radius 3 is 2.61 bits per heavy atom. The highest BCUT2D eigenvalue weighted by Crippen LogP contribution is 2.40. The lowest BCUT2D eigenvalue weighted by atomic mass is 10.1. The summed E-state index contributed by atoms with van der Waals surface area (Å²) in [6, 6.07) is 9.88. The molecule has 1 atom stereocenters. The van der Waals surface area contributed by atoms with Crippen molar-refractivity contribution >= 4 is 17.7 Å². The number of benzene rings is 1. The minimum absolute atomic E-state index is 0.115. The van der Waals surface area contributed by atoms with E-state index in [1.165, 1.54) is 24.6 Å². The summed E-state index contributed by atoms with van der Waals surface area (Å²) in [5.41, 5.74) is 0.993. The third-order valence-corrected chi connectivity index (χ3v) is 5.17. The largest absolute Gasteiger partial charge is 0.342 e. The van der Waals surface area contributed by atoms with Gasteiger partial charge in [0, 0.05) is 19.0 Å². The Labute approximate surface area is 140 Å². The summed E-state index contributed by atoms with van der Waals surface area (Å²) >= 11 is 1.43. The smallest absolute Gasteiger partial charge is 0.240 e. The second kappa shape index (κ2) is 7.17. The lowest BCUT2D eigenvalue weighted by molar-refractivity contribution is -0.130. The van der Waals surface area contributed by atoms with Gasteiger partial charge in [-0.2, -0.15) is 0 Å². The maximum atomic E-state index is 12.9. The fourth-order valence-corrected chi connectivity index (χ4v) is 3.55. The minimum Gasteiger partial charge on any atom is -0.342 e. The molecule has 0 aliphatic heterocycles. The van der Waals surface area contributed by atoms with E-state index in [4.69, 9.17) is 0 Å². The molecule has 0 saturated heterocycles. The summed E-state index contributed by atoms with van der Waals surface area (Å²) in [6.45, 7) is 5.43. The molecule has 1 amide bonds. The van der Waals surface area contributed by atoms with Crippen LogP contribution in [0.4, 0.5) is 0 Å². The number of likely N-dealkylation sites (N-methyl/N-ethyl adjacent to an activating group) is 1. The van der Waals surface area contributed by atoms with E-state index in [0.29, 0.717) is 24.2 Å². The van der Waals surface area contributed by atoms with Crippen LogP contribution < -0.4 is 0 Å². The molecular formula is C17H22N4OS. The Kier molecular flexibility index (Phi) is 5.00. The van der Waals surface area contributed by atoms with Crippen LogP contribution in [0.25, 0.3) is 0 Å². The van der Waals surface area contributed by atoms with Gasteiger partial charge < -0.3 is 4.90 Å². The number of nitrogens with zero attached hydrogens (tertiary/aromatic N) is 3. The zero-order valence-electron chi connectivity index (χ0n) is 13.5. The van der Waals surface area contributed by atoms with Gasteiger partial charge in [-0.25, -0.2) is 4.98 Å². The summed E-state index contributed by atoms with van der Waals surface area (Å²) in [7, 11) is 0. The average Bonchev–Trinajstić information content (AvgIpc) is 3.33. The van der Waals surface area contributed by atoms with E-state index in [2.05, 4.69) is 15.2 Å². The molecule has 0 unspecified atom stereocenters. The lowest BCUT2D eigenvalue weighted by Crippen LogP contribution is -2.33. The molecule has 2 aromatic rings. The Balaban J connectivity index is 1.83. The third-order valence-electron chi connectivity index (χ3n) is 4.07. The number of aromatic amines is 1. The number of H-pyrrole nitrogens is 1. The molecule has 5 nitrogen and oxygen atoms in total. The van der Waals surface area contributed by atoms with Crippen LogP contribution in [0.3, 0.4) is 0 Å². The number of hydrogen-bond donors (Lipinski definition) is 1. The molecule has 1 heterocycles. The molecule has 0 radical (unpaired) electrons. The summed E-state index contributed by atoms with van der Waals surface area (Å²) < 4.78 is 0. The molecule has 1 saturated carbocycles. The molecule has 3 rings (SSSR count). The number of aromatic nitrogens is 3. The number of rotatable bonds is 7. The van der Waals surface area contributed by atoms with Crippen molar-refractivity contribution < 1.29 is 4.79 Å². The Bertz CT molecular complexity index is 650. The van der Waals surface area contributed by atoms with E-state index in [1.54, 1.807) is 0 Å². The van der Waals surface area contributed by atoms with Gasteiger partial charge in [-0.05, 0) is 32.3 Å². The first kappa shape index (κ1) is 16.1. The normalized spacial score (nSPS) is 15.4. The summed E-state index contributed by atoms with van der Waals surface area (Å²) in [5, 5.41) is 7.65. The van der Waals surface area contributed by atoms with Crippen LogP contribution in [-0.4, -0.2) is 39.1 Å². The molecule has 23 heavy (non-hydrogen) atoms. The predicted molar refractivity (Wildman–Crippen MR) is 91.3 cm³/mol. The van der Waals surface area contributed by atoms with E-state index >= 15 is 0 Å². The van der Waals surface area contributed by atoms with Crippen LogP contribution >= 0.6 is 11.8 Å². The quantitative estimate of drug-likeness (QED) is 0.791. The molecule has 0 bridgehead atoms. The first-order chi connectivity index (χ1) is 11.2. The Morgan fingerprint density at radius 1 is 1.30 bits per heavy atom. The number of carbonyl (C=O) groups excluding carboxylic acids is 1. The molecular weight excluding hydrogens is 308 g/mol. The van der Waals surface area contributed by atoms with E-state index in [1.807, 2.05) is 49.1 Å². The van der Waals surface area contributed by atoms with Gasteiger partial charge in [-0.15, -0.1) is 5.10 Å². The van der Waals surface area contributed by atoms with Gasteiger partial charge in [-0.1, -0.05) is 42.1 Å². The van der Waals surface area contributed by atoms with E-state index in [0.717, 1.165) is 11.4 Å². The summed E-state index contributed by atoms with van der Waals surface area (Å²) in [6.07, 6.45) is 2.36. The highest BCUT2D eigenvalue weighted by atomic mass is 32.2. The number of nitrogens with one attached hydrogen (secondary N) is 1. The molecule has 1 aromatic carbocycles. The Hall–Kier alpha value is -1.82. The number of amides is 1. The molecule has 1 aliphatic rings. The van der Waals surface area contributed by atoms with Crippen molar-refractivity contribution in [3.63, 3.8) is 0 Å². The molecule has 1 fully saturated rings. The number of thioether (sulfide) groups is 1. The van der Waals surface area contributed by atoms with Crippen molar-refractivity contribution in [1.82, 2.24) is 20.1 Å². The fourth-order valence-electron chi connectivity index (χ4n) is 2.55. The SMILES string of the molecule is CCN(CC)C(=O)[C@H](Sc1n[nH]c(C2CC2)n1)c1ccccc1. The highest BCUT2D eigenvalue weighted by molar-refractivity contribution is 8.00. The maximum absolute atomic E-state index is 12.9. The van der Waals surface area contributed by atoms with Crippen LogP contribution in [0.1, 0.15) is 49.2 Å². The van der Waals surface area contributed by atoms with Gasteiger partial charge in [0.2, 0.25) is 11.1 Å². The minimum atomic E-state index is -0.307. The molecule has 1 aromatic heterocycles.